The maximum absolute atomic E-state index is 10.7. The predicted octanol–water partition coefficient (Wildman–Crippen LogP) is 5.18. The van der Waals surface area contributed by atoms with Crippen molar-refractivity contribution in [2.45, 2.75) is 89.9 Å². The van der Waals surface area contributed by atoms with Gasteiger partial charge in [-0.3, -0.25) is 9.59 Å². The van der Waals surface area contributed by atoms with Gasteiger partial charge in [-0.05, 0) is 24.8 Å². The van der Waals surface area contributed by atoms with Crippen LogP contribution < -0.4 is 0 Å². The topological polar surface area (TPSA) is 112 Å². The van der Waals surface area contributed by atoms with Gasteiger partial charge >= 0.3 is 17.9 Å². The van der Waals surface area contributed by atoms with Crippen molar-refractivity contribution in [1.82, 2.24) is 0 Å². The van der Waals surface area contributed by atoms with Crippen LogP contribution in [-0.4, -0.2) is 33.2 Å². The van der Waals surface area contributed by atoms with Crippen LogP contribution in [0.2, 0.25) is 0 Å². The molecule has 0 saturated carbocycles. The molecule has 154 valence electrons. The van der Waals surface area contributed by atoms with E-state index in [2.05, 4.69) is 0 Å². The van der Waals surface area contributed by atoms with Crippen molar-refractivity contribution < 1.29 is 29.7 Å². The maximum atomic E-state index is 10.7. The minimum absolute atomic E-state index is 0.275. The third kappa shape index (κ3) is 20.1. The molecule has 0 saturated heterocycles. The Morgan fingerprint density at radius 3 is 1.56 bits per heavy atom. The second-order valence-corrected chi connectivity index (χ2v) is 6.85. The molecular weight excluding hydrogens is 348 g/mol. The third-order valence-corrected chi connectivity index (χ3v) is 4.26. The van der Waals surface area contributed by atoms with Gasteiger partial charge in [0.15, 0.2) is 0 Å². The summed E-state index contributed by atoms with van der Waals surface area (Å²) in [6.07, 6.45) is 17.6. The van der Waals surface area contributed by atoms with Crippen molar-refractivity contribution >= 4 is 17.9 Å². The Morgan fingerprint density at radius 2 is 1.11 bits per heavy atom. The monoisotopic (exact) mass is 382 g/mol. The highest BCUT2D eigenvalue weighted by atomic mass is 16.4. The van der Waals surface area contributed by atoms with Gasteiger partial charge < -0.3 is 15.3 Å². The van der Waals surface area contributed by atoms with Crippen molar-refractivity contribution in [1.29, 1.82) is 0 Å². The number of carboxylic acid groups (broad SMARTS) is 3. The SMILES string of the molecule is O=C(O)/C=C(\C=C\CCCCCCCCCCCCCC(=O)O)CC(=O)O. The summed E-state index contributed by atoms with van der Waals surface area (Å²) in [5.41, 5.74) is 0.304. The van der Waals surface area contributed by atoms with E-state index in [1.54, 1.807) is 6.08 Å². The van der Waals surface area contributed by atoms with Gasteiger partial charge in [-0.25, -0.2) is 4.79 Å². The molecule has 0 aromatic carbocycles. The molecule has 0 aliphatic heterocycles. The lowest BCUT2D eigenvalue weighted by atomic mass is 10.0. The Bertz CT molecular complexity index is 493. The molecule has 0 fully saturated rings. The molecule has 0 aliphatic rings. The van der Waals surface area contributed by atoms with Crippen molar-refractivity contribution in [3.8, 4) is 0 Å². The van der Waals surface area contributed by atoms with E-state index in [0.717, 1.165) is 44.6 Å². The summed E-state index contributed by atoms with van der Waals surface area (Å²) in [6.45, 7) is 0. The van der Waals surface area contributed by atoms with Gasteiger partial charge in [0.1, 0.15) is 0 Å². The van der Waals surface area contributed by atoms with E-state index < -0.39 is 17.9 Å². The Kier molecular flexibility index (Phi) is 16.0. The molecule has 0 aromatic rings. The molecule has 0 atom stereocenters. The number of carbonyl (C=O) groups is 3. The first-order valence-electron chi connectivity index (χ1n) is 9.95. The summed E-state index contributed by atoms with van der Waals surface area (Å²) in [7, 11) is 0. The van der Waals surface area contributed by atoms with Gasteiger partial charge in [0.05, 0.1) is 6.42 Å². The third-order valence-electron chi connectivity index (χ3n) is 4.26. The van der Waals surface area contributed by atoms with Gasteiger partial charge in [-0.1, -0.05) is 69.9 Å². The summed E-state index contributed by atoms with van der Waals surface area (Å²) < 4.78 is 0. The van der Waals surface area contributed by atoms with Gasteiger partial charge in [0.25, 0.3) is 0 Å². The number of aliphatic carboxylic acids is 3. The predicted molar refractivity (Wildman–Crippen MR) is 105 cm³/mol. The fourth-order valence-corrected chi connectivity index (χ4v) is 2.86. The van der Waals surface area contributed by atoms with Crippen LogP contribution in [0.1, 0.15) is 89.9 Å². The minimum atomic E-state index is -1.13. The molecule has 0 spiro atoms. The first-order valence-corrected chi connectivity index (χ1v) is 9.95. The normalized spacial score (nSPS) is 11.8. The van der Waals surface area contributed by atoms with Crippen LogP contribution in [0.25, 0.3) is 0 Å². The van der Waals surface area contributed by atoms with E-state index in [9.17, 15) is 14.4 Å². The quantitative estimate of drug-likeness (QED) is 0.171. The van der Waals surface area contributed by atoms with Gasteiger partial charge in [0.2, 0.25) is 0 Å². The van der Waals surface area contributed by atoms with Crippen LogP contribution in [0.15, 0.2) is 23.8 Å². The smallest absolute Gasteiger partial charge is 0.328 e. The molecule has 0 aromatic heterocycles. The molecule has 0 unspecified atom stereocenters. The van der Waals surface area contributed by atoms with E-state index in [1.807, 2.05) is 6.08 Å². The molecule has 3 N–H and O–H groups in total. The molecule has 6 heteroatoms. The molecule has 0 bridgehead atoms. The average molecular weight is 382 g/mol. The molecule has 27 heavy (non-hydrogen) atoms. The number of allylic oxidation sites excluding steroid dienone is 2. The van der Waals surface area contributed by atoms with Crippen LogP contribution in [0, 0.1) is 0 Å². The molecule has 6 nitrogen and oxygen atoms in total. The fraction of sp³-hybridized carbons (Fsp3) is 0.667. The van der Waals surface area contributed by atoms with Crippen LogP contribution >= 0.6 is 0 Å². The van der Waals surface area contributed by atoms with E-state index in [4.69, 9.17) is 15.3 Å². The highest BCUT2D eigenvalue weighted by Crippen LogP contribution is 2.13. The molecule has 0 heterocycles. The number of rotatable bonds is 18. The molecule has 0 aliphatic carbocycles. The zero-order chi connectivity index (χ0) is 20.3. The standard InChI is InChI=1S/C21H34O6/c22-19(23)15-13-11-9-7-5-3-1-2-4-6-8-10-12-14-18(16-20(24)25)17-21(26)27/h12,14,16H,1-11,13,15,17H2,(H,22,23)(H,24,25)(H,26,27)/b14-12+,18-16+. The Morgan fingerprint density at radius 1 is 0.630 bits per heavy atom. The Labute approximate surface area is 162 Å². The Hall–Kier alpha value is -2.11. The average Bonchev–Trinajstić information content (AvgIpc) is 2.56. The van der Waals surface area contributed by atoms with Crippen molar-refractivity contribution in [2.24, 2.45) is 0 Å². The molecule has 0 radical (unpaired) electrons. The molecule has 0 rings (SSSR count). The minimum Gasteiger partial charge on any atom is -0.481 e. The van der Waals surface area contributed by atoms with Crippen LogP contribution in [-0.2, 0) is 14.4 Å². The van der Waals surface area contributed by atoms with Crippen LogP contribution in [0.4, 0.5) is 0 Å². The van der Waals surface area contributed by atoms with Crippen molar-refractivity contribution in [3.63, 3.8) is 0 Å². The Balaban J connectivity index is 3.52. The maximum Gasteiger partial charge on any atom is 0.328 e. The summed E-state index contributed by atoms with van der Waals surface area (Å²) in [5.74, 6) is -2.87. The number of hydrogen-bond donors (Lipinski definition) is 3. The van der Waals surface area contributed by atoms with Crippen LogP contribution in [0.5, 0.6) is 0 Å². The van der Waals surface area contributed by atoms with Crippen molar-refractivity contribution in [2.75, 3.05) is 0 Å². The summed E-state index contributed by atoms with van der Waals surface area (Å²) in [4.78, 5) is 31.7. The van der Waals surface area contributed by atoms with Gasteiger partial charge in [0, 0.05) is 12.5 Å². The van der Waals surface area contributed by atoms with Crippen molar-refractivity contribution in [3.05, 3.63) is 23.8 Å². The van der Waals surface area contributed by atoms with E-state index in [0.29, 0.717) is 5.57 Å². The molecule has 0 amide bonds. The summed E-state index contributed by atoms with van der Waals surface area (Å²) >= 11 is 0. The number of carboxylic acids is 3. The first-order chi connectivity index (χ1) is 12.9. The second-order valence-electron chi connectivity index (χ2n) is 6.85. The zero-order valence-corrected chi connectivity index (χ0v) is 16.2. The van der Waals surface area contributed by atoms with Gasteiger partial charge in [-0.15, -0.1) is 0 Å². The summed E-state index contributed by atoms with van der Waals surface area (Å²) in [5, 5.41) is 26.0. The highest BCUT2D eigenvalue weighted by Gasteiger charge is 2.03. The van der Waals surface area contributed by atoms with E-state index in [-0.39, 0.29) is 12.8 Å². The van der Waals surface area contributed by atoms with Crippen LogP contribution in [0.3, 0.4) is 0 Å². The lowest BCUT2D eigenvalue weighted by Gasteiger charge is -2.02. The lowest BCUT2D eigenvalue weighted by Crippen LogP contribution is -1.98. The highest BCUT2D eigenvalue weighted by molar-refractivity contribution is 5.83. The first kappa shape index (κ1) is 24.9. The number of unbranched alkanes of at least 4 members (excludes halogenated alkanes) is 11. The number of hydrogen-bond acceptors (Lipinski definition) is 3. The lowest BCUT2D eigenvalue weighted by molar-refractivity contribution is -0.137. The largest absolute Gasteiger partial charge is 0.481 e. The van der Waals surface area contributed by atoms with Gasteiger partial charge in [-0.2, -0.15) is 0 Å². The fourth-order valence-electron chi connectivity index (χ4n) is 2.86. The molecular formula is C21H34O6. The van der Waals surface area contributed by atoms with E-state index >= 15 is 0 Å². The second kappa shape index (κ2) is 17.3. The zero-order valence-electron chi connectivity index (χ0n) is 16.2. The summed E-state index contributed by atoms with van der Waals surface area (Å²) in [6, 6.07) is 0. The van der Waals surface area contributed by atoms with E-state index in [1.165, 1.54) is 38.5 Å².